The van der Waals surface area contributed by atoms with Crippen molar-refractivity contribution in [1.82, 2.24) is 10.2 Å². The second-order valence-corrected chi connectivity index (χ2v) is 13.4. The van der Waals surface area contributed by atoms with Crippen molar-refractivity contribution in [3.8, 4) is 0 Å². The molecule has 0 bridgehead atoms. The number of carbonyl (C=O) groups excluding carboxylic acids is 2. The fraction of sp³-hybridized carbons (Fsp3) is 0.920. The van der Waals surface area contributed by atoms with E-state index in [1.54, 1.807) is 0 Å². The summed E-state index contributed by atoms with van der Waals surface area (Å²) in [7, 11) is -1.08. The Balaban J connectivity index is 1.12. The summed E-state index contributed by atoms with van der Waals surface area (Å²) < 4.78 is 30.7. The quantitative estimate of drug-likeness (QED) is 0.545. The van der Waals surface area contributed by atoms with Crippen molar-refractivity contribution >= 4 is 21.7 Å². The number of rotatable bonds is 9. The minimum absolute atomic E-state index is 0.0532. The van der Waals surface area contributed by atoms with Gasteiger partial charge in [0.25, 0.3) is 0 Å². The molecule has 2 amide bonds. The lowest BCUT2D eigenvalue weighted by atomic mass is 9.84. The van der Waals surface area contributed by atoms with E-state index in [9.17, 15) is 18.0 Å². The molecule has 0 aromatic rings. The lowest BCUT2D eigenvalue weighted by Gasteiger charge is -2.32. The third-order valence-electron chi connectivity index (χ3n) is 8.26. The van der Waals surface area contributed by atoms with Crippen LogP contribution in [0.4, 0.5) is 0 Å². The van der Waals surface area contributed by atoms with Gasteiger partial charge in [-0.2, -0.15) is 0 Å². The zero-order chi connectivity index (χ0) is 23.4. The zero-order valence-electron chi connectivity index (χ0n) is 20.2. The van der Waals surface area contributed by atoms with Crippen LogP contribution in [0.25, 0.3) is 0 Å². The molecule has 1 saturated heterocycles. The van der Waals surface area contributed by atoms with Gasteiger partial charge >= 0.3 is 0 Å². The fourth-order valence-electron chi connectivity index (χ4n) is 5.97. The number of ether oxygens (including phenoxy) is 1. The highest BCUT2D eigenvalue weighted by molar-refractivity contribution is 7.92. The predicted molar refractivity (Wildman–Crippen MR) is 127 cm³/mol. The Kier molecular flexibility index (Phi) is 8.37. The Morgan fingerprint density at radius 2 is 1.58 bits per heavy atom. The summed E-state index contributed by atoms with van der Waals surface area (Å²) >= 11 is 0. The molecule has 7 nitrogen and oxygen atoms in total. The van der Waals surface area contributed by atoms with Gasteiger partial charge in [-0.25, -0.2) is 8.42 Å². The van der Waals surface area contributed by atoms with Gasteiger partial charge in [0.05, 0.1) is 17.1 Å². The molecule has 1 aliphatic heterocycles. The van der Waals surface area contributed by atoms with E-state index in [0.717, 1.165) is 70.8 Å². The molecule has 8 heteroatoms. The summed E-state index contributed by atoms with van der Waals surface area (Å²) in [5.41, 5.74) is 0. The van der Waals surface area contributed by atoms with E-state index in [1.165, 1.54) is 0 Å². The van der Waals surface area contributed by atoms with Crippen LogP contribution in [0.1, 0.15) is 83.5 Å². The minimum Gasteiger partial charge on any atom is -0.376 e. The maximum atomic E-state index is 12.8. The van der Waals surface area contributed by atoms with Crippen LogP contribution in [-0.2, 0) is 24.2 Å². The molecule has 3 saturated carbocycles. The number of sulfone groups is 1. The van der Waals surface area contributed by atoms with E-state index in [2.05, 4.69) is 5.32 Å². The molecule has 1 unspecified atom stereocenters. The SMILES string of the molecule is CN(CC1CCCO1)C(=O)C1CCC(NC(=O)CC2CCC(S(=O)(=O)CC3CC3)CC2)CC1. The number of hydrogen-bond donors (Lipinski definition) is 1. The molecule has 33 heavy (non-hydrogen) atoms. The van der Waals surface area contributed by atoms with Crippen LogP contribution in [0.3, 0.4) is 0 Å². The molecule has 3 aliphatic carbocycles. The van der Waals surface area contributed by atoms with Crippen LogP contribution in [0.5, 0.6) is 0 Å². The van der Waals surface area contributed by atoms with Crippen LogP contribution in [0.2, 0.25) is 0 Å². The predicted octanol–water partition coefficient (Wildman–Crippen LogP) is 3.07. The molecule has 4 aliphatic rings. The highest BCUT2D eigenvalue weighted by atomic mass is 32.2. The molecular formula is C25H42N2O5S. The summed E-state index contributed by atoms with van der Waals surface area (Å²) in [6.45, 7) is 1.48. The number of nitrogens with one attached hydrogen (secondary N) is 1. The maximum absolute atomic E-state index is 12.8. The van der Waals surface area contributed by atoms with E-state index < -0.39 is 9.84 Å². The summed E-state index contributed by atoms with van der Waals surface area (Å²) in [6.07, 6.45) is 11.4. The highest BCUT2D eigenvalue weighted by Crippen LogP contribution is 2.36. The molecule has 0 radical (unpaired) electrons. The second kappa shape index (κ2) is 11.1. The molecule has 4 rings (SSSR count). The van der Waals surface area contributed by atoms with E-state index in [-0.39, 0.29) is 35.1 Å². The normalized spacial score (nSPS) is 32.9. The lowest BCUT2D eigenvalue weighted by Crippen LogP contribution is -2.43. The van der Waals surface area contributed by atoms with Gasteiger partial charge in [-0.1, -0.05) is 0 Å². The van der Waals surface area contributed by atoms with Crippen molar-refractivity contribution in [2.45, 2.75) is 101 Å². The first-order valence-corrected chi connectivity index (χ1v) is 14.9. The number of amides is 2. The average Bonchev–Trinajstić information content (AvgIpc) is 3.44. The van der Waals surface area contributed by atoms with Gasteiger partial charge in [-0.15, -0.1) is 0 Å². The highest BCUT2D eigenvalue weighted by Gasteiger charge is 2.36. The first-order valence-electron chi connectivity index (χ1n) is 13.2. The average molecular weight is 483 g/mol. The summed E-state index contributed by atoms with van der Waals surface area (Å²) in [5.74, 6) is 1.43. The summed E-state index contributed by atoms with van der Waals surface area (Å²) in [5, 5.41) is 3.00. The molecule has 1 heterocycles. The van der Waals surface area contributed by atoms with Crippen molar-refractivity contribution in [3.63, 3.8) is 0 Å². The van der Waals surface area contributed by atoms with Gasteiger partial charge in [0.15, 0.2) is 9.84 Å². The Bertz CT molecular complexity index is 775. The van der Waals surface area contributed by atoms with E-state index in [1.807, 2.05) is 11.9 Å². The number of likely N-dealkylation sites (N-methyl/N-ethyl adjacent to an activating group) is 1. The number of hydrogen-bond acceptors (Lipinski definition) is 5. The topological polar surface area (TPSA) is 92.8 Å². The standard InChI is InChI=1S/C25H42N2O5S/c1-27(16-22-3-2-14-32-22)25(29)20-8-10-21(11-9-20)26-24(28)15-18-6-12-23(13-7-18)33(30,31)17-19-4-5-19/h18-23H,2-17H2,1H3,(H,26,28). The van der Waals surface area contributed by atoms with Crippen molar-refractivity contribution < 1.29 is 22.7 Å². The molecule has 0 spiro atoms. The van der Waals surface area contributed by atoms with Crippen LogP contribution >= 0.6 is 0 Å². The number of carbonyl (C=O) groups is 2. The molecule has 188 valence electrons. The van der Waals surface area contributed by atoms with Gasteiger partial charge < -0.3 is 15.0 Å². The molecule has 0 aromatic carbocycles. The van der Waals surface area contributed by atoms with Crippen LogP contribution < -0.4 is 5.32 Å². The first kappa shape index (κ1) is 25.0. The third kappa shape index (κ3) is 7.17. The summed E-state index contributed by atoms with van der Waals surface area (Å²) in [6, 6.07) is 0.153. The van der Waals surface area contributed by atoms with E-state index in [4.69, 9.17) is 4.74 Å². The van der Waals surface area contributed by atoms with Crippen molar-refractivity contribution in [1.29, 1.82) is 0 Å². The molecule has 1 atom stereocenters. The summed E-state index contributed by atoms with van der Waals surface area (Å²) in [4.78, 5) is 27.2. The van der Waals surface area contributed by atoms with Gasteiger partial charge in [0, 0.05) is 38.6 Å². The largest absolute Gasteiger partial charge is 0.376 e. The monoisotopic (exact) mass is 482 g/mol. The first-order chi connectivity index (χ1) is 15.8. The Morgan fingerprint density at radius 3 is 2.18 bits per heavy atom. The van der Waals surface area contributed by atoms with E-state index >= 15 is 0 Å². The molecule has 4 fully saturated rings. The van der Waals surface area contributed by atoms with Gasteiger partial charge in [-0.05, 0) is 88.9 Å². The van der Waals surface area contributed by atoms with Crippen molar-refractivity contribution in [3.05, 3.63) is 0 Å². The Hall–Kier alpha value is -1.15. The van der Waals surface area contributed by atoms with E-state index in [0.29, 0.717) is 43.4 Å². The smallest absolute Gasteiger partial charge is 0.225 e. The Morgan fingerprint density at radius 1 is 0.909 bits per heavy atom. The second-order valence-electron chi connectivity index (χ2n) is 11.1. The zero-order valence-corrected chi connectivity index (χ0v) is 21.0. The van der Waals surface area contributed by atoms with Crippen LogP contribution in [0, 0.1) is 17.8 Å². The minimum atomic E-state index is -2.96. The third-order valence-corrected chi connectivity index (χ3v) is 10.7. The van der Waals surface area contributed by atoms with Gasteiger partial charge in [0.1, 0.15) is 0 Å². The molecule has 1 N–H and O–H groups in total. The van der Waals surface area contributed by atoms with Crippen molar-refractivity contribution in [2.24, 2.45) is 17.8 Å². The van der Waals surface area contributed by atoms with Crippen LogP contribution in [-0.4, -0.2) is 68.5 Å². The van der Waals surface area contributed by atoms with Crippen molar-refractivity contribution in [2.75, 3.05) is 26.0 Å². The maximum Gasteiger partial charge on any atom is 0.225 e. The van der Waals surface area contributed by atoms with Gasteiger partial charge in [-0.3, -0.25) is 9.59 Å². The van der Waals surface area contributed by atoms with Gasteiger partial charge in [0.2, 0.25) is 11.8 Å². The lowest BCUT2D eigenvalue weighted by molar-refractivity contribution is -0.136. The molecule has 0 aromatic heterocycles. The molecular weight excluding hydrogens is 440 g/mol. The fourth-order valence-corrected chi connectivity index (χ4v) is 8.23. The van der Waals surface area contributed by atoms with Crippen LogP contribution in [0.15, 0.2) is 0 Å². The Labute approximate surface area is 199 Å². The number of nitrogens with zero attached hydrogens (tertiary/aromatic N) is 1.